The average molecular weight is 502 g/mol. The third-order valence-corrected chi connectivity index (χ3v) is 7.98. The van der Waals surface area contributed by atoms with Crippen LogP contribution < -0.4 is 10.6 Å². The smallest absolute Gasteiger partial charge is 0.220 e. The first-order valence-corrected chi connectivity index (χ1v) is 11.3. The van der Waals surface area contributed by atoms with Gasteiger partial charge < -0.3 is 15.5 Å². The van der Waals surface area contributed by atoms with Crippen molar-refractivity contribution < 1.29 is 4.79 Å². The fraction of sp³-hybridized carbons (Fsp3) is 0.909. The van der Waals surface area contributed by atoms with Gasteiger partial charge in [-0.1, -0.05) is 0 Å². The van der Waals surface area contributed by atoms with Gasteiger partial charge in [-0.05, 0) is 86.9 Å². The van der Waals surface area contributed by atoms with E-state index in [0.29, 0.717) is 17.8 Å². The molecule has 0 unspecified atom stereocenters. The molecule has 1 aliphatic heterocycles. The van der Waals surface area contributed by atoms with Gasteiger partial charge in [-0.15, -0.1) is 24.0 Å². The lowest BCUT2D eigenvalue weighted by molar-refractivity contribution is -0.121. The highest BCUT2D eigenvalue weighted by Gasteiger charge is 2.50. The highest BCUT2D eigenvalue weighted by molar-refractivity contribution is 14.0. The molecule has 0 spiro atoms. The van der Waals surface area contributed by atoms with E-state index in [1.54, 1.807) is 7.05 Å². The van der Waals surface area contributed by atoms with E-state index in [4.69, 9.17) is 0 Å². The normalized spacial score (nSPS) is 34.9. The number of aliphatic imine (C=N–C) groups is 1. The molecule has 28 heavy (non-hydrogen) atoms. The number of rotatable bonds is 5. The number of nitrogens with zero attached hydrogens (tertiary/aromatic N) is 2. The SMILES string of the molecule is CN=C(NCCC12CC3CC(CC(C3)C1)C2)N1CCC(CC(=O)NC)CC1.I. The second-order valence-electron chi connectivity index (χ2n) is 9.95. The quantitative estimate of drug-likeness (QED) is 0.343. The minimum atomic E-state index is 0. The van der Waals surface area contributed by atoms with Crippen molar-refractivity contribution in [3.05, 3.63) is 0 Å². The topological polar surface area (TPSA) is 56.7 Å². The van der Waals surface area contributed by atoms with Crippen LogP contribution in [0.25, 0.3) is 0 Å². The van der Waals surface area contributed by atoms with E-state index in [2.05, 4.69) is 20.5 Å². The van der Waals surface area contributed by atoms with E-state index in [0.717, 1.165) is 56.2 Å². The molecular weight excluding hydrogens is 463 g/mol. The van der Waals surface area contributed by atoms with Crippen molar-refractivity contribution >= 4 is 35.8 Å². The maximum absolute atomic E-state index is 11.6. The first kappa shape index (κ1) is 22.2. The second-order valence-corrected chi connectivity index (χ2v) is 9.95. The third-order valence-electron chi connectivity index (χ3n) is 7.98. The van der Waals surface area contributed by atoms with Crippen molar-refractivity contribution in [2.24, 2.45) is 34.1 Å². The molecule has 4 bridgehead atoms. The zero-order chi connectivity index (χ0) is 18.9. The molecule has 1 saturated heterocycles. The number of piperidine rings is 1. The van der Waals surface area contributed by atoms with E-state index in [1.807, 2.05) is 7.05 Å². The molecule has 5 rings (SSSR count). The van der Waals surface area contributed by atoms with Crippen LogP contribution in [-0.4, -0.2) is 50.5 Å². The predicted molar refractivity (Wildman–Crippen MR) is 125 cm³/mol. The molecule has 160 valence electrons. The molecule has 0 atom stereocenters. The molecule has 5 nitrogen and oxygen atoms in total. The molecule has 0 aromatic rings. The van der Waals surface area contributed by atoms with E-state index < -0.39 is 0 Å². The molecule has 0 aromatic carbocycles. The number of carbonyl (C=O) groups is 1. The van der Waals surface area contributed by atoms with Gasteiger partial charge >= 0.3 is 0 Å². The van der Waals surface area contributed by atoms with Gasteiger partial charge in [0.15, 0.2) is 5.96 Å². The van der Waals surface area contributed by atoms with Crippen LogP contribution in [0.15, 0.2) is 4.99 Å². The van der Waals surface area contributed by atoms with Gasteiger partial charge in [-0.2, -0.15) is 0 Å². The summed E-state index contributed by atoms with van der Waals surface area (Å²) >= 11 is 0. The van der Waals surface area contributed by atoms with Crippen LogP contribution in [0.1, 0.15) is 64.2 Å². The molecule has 5 aliphatic rings. The van der Waals surface area contributed by atoms with Gasteiger partial charge in [0, 0.05) is 40.2 Å². The Morgan fingerprint density at radius 2 is 1.64 bits per heavy atom. The molecule has 0 aromatic heterocycles. The van der Waals surface area contributed by atoms with E-state index in [9.17, 15) is 4.79 Å². The number of hydrogen-bond donors (Lipinski definition) is 2. The Kier molecular flexibility index (Phi) is 7.54. The molecule has 5 fully saturated rings. The van der Waals surface area contributed by atoms with Crippen LogP contribution in [0, 0.1) is 29.1 Å². The van der Waals surface area contributed by atoms with Gasteiger partial charge in [0.2, 0.25) is 5.91 Å². The molecule has 6 heteroatoms. The van der Waals surface area contributed by atoms with Crippen LogP contribution in [-0.2, 0) is 4.79 Å². The van der Waals surface area contributed by atoms with Gasteiger partial charge in [0.05, 0.1) is 0 Å². The van der Waals surface area contributed by atoms with E-state index in [1.165, 1.54) is 44.9 Å². The second kappa shape index (κ2) is 9.52. The van der Waals surface area contributed by atoms with Crippen LogP contribution in [0.5, 0.6) is 0 Å². The van der Waals surface area contributed by atoms with Gasteiger partial charge in [-0.3, -0.25) is 9.79 Å². The van der Waals surface area contributed by atoms with Crippen molar-refractivity contribution in [1.82, 2.24) is 15.5 Å². The molecule has 0 radical (unpaired) electrons. The lowest BCUT2D eigenvalue weighted by atomic mass is 9.49. The summed E-state index contributed by atoms with van der Waals surface area (Å²) in [6.45, 7) is 3.09. The summed E-state index contributed by atoms with van der Waals surface area (Å²) in [7, 11) is 3.64. The molecule has 1 heterocycles. The lowest BCUT2D eigenvalue weighted by Crippen LogP contribution is -2.49. The van der Waals surface area contributed by atoms with Crippen molar-refractivity contribution in [2.75, 3.05) is 33.7 Å². The Morgan fingerprint density at radius 3 is 2.14 bits per heavy atom. The number of nitrogens with one attached hydrogen (secondary N) is 2. The summed E-state index contributed by atoms with van der Waals surface area (Å²) < 4.78 is 0. The van der Waals surface area contributed by atoms with Crippen LogP contribution >= 0.6 is 24.0 Å². The zero-order valence-electron chi connectivity index (χ0n) is 17.7. The first-order valence-electron chi connectivity index (χ1n) is 11.3. The number of amides is 1. The van der Waals surface area contributed by atoms with Crippen molar-refractivity contribution in [3.63, 3.8) is 0 Å². The van der Waals surface area contributed by atoms with Crippen LogP contribution in [0.3, 0.4) is 0 Å². The number of hydrogen-bond acceptors (Lipinski definition) is 2. The van der Waals surface area contributed by atoms with Gasteiger partial charge in [0.25, 0.3) is 0 Å². The molecule has 4 aliphatic carbocycles. The largest absolute Gasteiger partial charge is 0.359 e. The number of guanidine groups is 1. The Labute approximate surface area is 187 Å². The van der Waals surface area contributed by atoms with Crippen LogP contribution in [0.4, 0.5) is 0 Å². The monoisotopic (exact) mass is 502 g/mol. The Hall–Kier alpha value is -0.530. The Bertz CT molecular complexity index is 536. The summed E-state index contributed by atoms with van der Waals surface area (Å²) in [5.74, 6) is 4.87. The van der Waals surface area contributed by atoms with Crippen molar-refractivity contribution in [2.45, 2.75) is 64.2 Å². The maximum atomic E-state index is 11.6. The maximum Gasteiger partial charge on any atom is 0.220 e. The molecule has 1 amide bonds. The number of carbonyl (C=O) groups excluding carboxylic acids is 1. The molecular formula is C22H39IN4O. The van der Waals surface area contributed by atoms with E-state index in [-0.39, 0.29) is 29.9 Å². The average Bonchev–Trinajstić information content (AvgIpc) is 2.65. The predicted octanol–water partition coefficient (Wildman–Crippen LogP) is 3.63. The highest BCUT2D eigenvalue weighted by Crippen LogP contribution is 2.61. The van der Waals surface area contributed by atoms with E-state index >= 15 is 0 Å². The van der Waals surface area contributed by atoms with Gasteiger partial charge in [0.1, 0.15) is 0 Å². The standard InChI is InChI=1S/C22H38N4O.HI/c1-23-20(27)12-16-3-7-26(8-4-16)21(24-2)25-6-5-22-13-17-9-18(14-22)11-19(10-17)15-22;/h16-19H,3-15H2,1-2H3,(H,23,27)(H,24,25);1H. The third kappa shape index (κ3) is 4.96. The minimum Gasteiger partial charge on any atom is -0.359 e. The summed E-state index contributed by atoms with van der Waals surface area (Å²) in [4.78, 5) is 18.5. The highest BCUT2D eigenvalue weighted by atomic mass is 127. The molecule has 4 saturated carbocycles. The number of likely N-dealkylation sites (tertiary alicyclic amines) is 1. The zero-order valence-corrected chi connectivity index (χ0v) is 20.0. The summed E-state index contributed by atoms with van der Waals surface area (Å²) in [5.41, 5.74) is 0.640. The minimum absolute atomic E-state index is 0. The summed E-state index contributed by atoms with van der Waals surface area (Å²) in [6, 6.07) is 0. The van der Waals surface area contributed by atoms with Crippen molar-refractivity contribution in [3.8, 4) is 0 Å². The Morgan fingerprint density at radius 1 is 1.07 bits per heavy atom. The summed E-state index contributed by atoms with van der Waals surface area (Å²) in [6.07, 6.45) is 13.2. The summed E-state index contributed by atoms with van der Waals surface area (Å²) in [5, 5.41) is 6.43. The number of halogens is 1. The van der Waals surface area contributed by atoms with Crippen LogP contribution in [0.2, 0.25) is 0 Å². The fourth-order valence-corrected chi connectivity index (χ4v) is 7.08. The molecule has 2 N–H and O–H groups in total. The first-order chi connectivity index (χ1) is 13.1. The fourth-order valence-electron chi connectivity index (χ4n) is 7.08. The van der Waals surface area contributed by atoms with Crippen molar-refractivity contribution in [1.29, 1.82) is 0 Å². The Balaban J connectivity index is 0.00000225. The van der Waals surface area contributed by atoms with Gasteiger partial charge in [-0.25, -0.2) is 0 Å². The lowest BCUT2D eigenvalue weighted by Gasteiger charge is -2.57.